The lowest BCUT2D eigenvalue weighted by molar-refractivity contribution is -0.153. The largest absolute Gasteiger partial charge is 0.484 e. The van der Waals surface area contributed by atoms with E-state index in [0.717, 1.165) is 0 Å². The van der Waals surface area contributed by atoms with E-state index in [4.69, 9.17) is 4.74 Å². The van der Waals surface area contributed by atoms with Crippen molar-refractivity contribution in [1.82, 2.24) is 19.9 Å². The van der Waals surface area contributed by atoms with Gasteiger partial charge >= 0.3 is 6.18 Å². The Bertz CT molecular complexity index is 1000. The predicted molar refractivity (Wildman–Crippen MR) is 106 cm³/mol. The second kappa shape index (κ2) is 9.51. The molecule has 156 valence electrons. The lowest BCUT2D eigenvalue weighted by Gasteiger charge is -2.18. The molecule has 29 heavy (non-hydrogen) atoms. The van der Waals surface area contributed by atoms with Crippen molar-refractivity contribution in [2.45, 2.75) is 33.0 Å². The molecule has 2 aromatic heterocycles. The predicted octanol–water partition coefficient (Wildman–Crippen LogP) is 4.03. The molecule has 0 saturated carbocycles. The molecular formula is C20H23F3N4O2. The number of alkyl halides is 3. The zero-order valence-corrected chi connectivity index (χ0v) is 16.6. The fraction of sp³-hybridized carbons (Fsp3) is 0.350. The van der Waals surface area contributed by atoms with E-state index in [9.17, 15) is 18.0 Å². The SMILES string of the molecule is CC.CNC(C)c1nc2ncccc2c(=O)n1-c1ccc(OCC(F)(F)F)cc1. The molecule has 3 aromatic rings. The minimum atomic E-state index is -4.42. The maximum atomic E-state index is 13.0. The Morgan fingerprint density at radius 3 is 2.41 bits per heavy atom. The van der Waals surface area contributed by atoms with Crippen LogP contribution in [-0.4, -0.2) is 34.4 Å². The van der Waals surface area contributed by atoms with Crippen LogP contribution < -0.4 is 15.6 Å². The lowest BCUT2D eigenvalue weighted by Crippen LogP contribution is -2.29. The fourth-order valence-corrected chi connectivity index (χ4v) is 2.56. The molecule has 1 aromatic carbocycles. The quantitative estimate of drug-likeness (QED) is 0.690. The van der Waals surface area contributed by atoms with Gasteiger partial charge in [-0.1, -0.05) is 13.8 Å². The van der Waals surface area contributed by atoms with E-state index >= 15 is 0 Å². The van der Waals surface area contributed by atoms with Crippen LogP contribution in [0.25, 0.3) is 16.7 Å². The number of hydrogen-bond donors (Lipinski definition) is 1. The van der Waals surface area contributed by atoms with Gasteiger partial charge in [-0.15, -0.1) is 0 Å². The minimum Gasteiger partial charge on any atom is -0.484 e. The molecule has 3 rings (SSSR count). The molecule has 2 heterocycles. The van der Waals surface area contributed by atoms with Gasteiger partial charge in [0, 0.05) is 6.20 Å². The number of ether oxygens (including phenoxy) is 1. The molecule has 1 N–H and O–H groups in total. The first-order valence-electron chi connectivity index (χ1n) is 9.15. The second-order valence-electron chi connectivity index (χ2n) is 5.89. The molecule has 6 nitrogen and oxygen atoms in total. The van der Waals surface area contributed by atoms with Crippen LogP contribution >= 0.6 is 0 Å². The zero-order chi connectivity index (χ0) is 21.6. The maximum absolute atomic E-state index is 13.0. The maximum Gasteiger partial charge on any atom is 0.422 e. The van der Waals surface area contributed by atoms with Crippen LogP contribution in [0.2, 0.25) is 0 Å². The molecule has 0 amide bonds. The number of aromatic nitrogens is 3. The van der Waals surface area contributed by atoms with Crippen LogP contribution in [0.4, 0.5) is 13.2 Å². The number of hydrogen-bond acceptors (Lipinski definition) is 5. The smallest absolute Gasteiger partial charge is 0.422 e. The van der Waals surface area contributed by atoms with Gasteiger partial charge in [0.1, 0.15) is 11.6 Å². The van der Waals surface area contributed by atoms with Crippen LogP contribution in [0, 0.1) is 0 Å². The monoisotopic (exact) mass is 408 g/mol. The molecule has 9 heteroatoms. The van der Waals surface area contributed by atoms with Crippen molar-refractivity contribution in [3.63, 3.8) is 0 Å². The number of rotatable bonds is 5. The van der Waals surface area contributed by atoms with Gasteiger partial charge < -0.3 is 10.1 Å². The van der Waals surface area contributed by atoms with E-state index in [1.807, 2.05) is 20.8 Å². The molecule has 0 saturated heterocycles. The average Bonchev–Trinajstić information content (AvgIpc) is 2.73. The summed E-state index contributed by atoms with van der Waals surface area (Å²) in [6.45, 7) is 4.46. The molecule has 0 aliphatic carbocycles. The number of nitrogens with zero attached hydrogens (tertiary/aromatic N) is 3. The lowest BCUT2D eigenvalue weighted by atomic mass is 10.2. The van der Waals surface area contributed by atoms with E-state index in [0.29, 0.717) is 22.5 Å². The highest BCUT2D eigenvalue weighted by atomic mass is 19.4. The van der Waals surface area contributed by atoms with Crippen LogP contribution in [0.3, 0.4) is 0 Å². The van der Waals surface area contributed by atoms with Gasteiger partial charge in [-0.3, -0.25) is 9.36 Å². The van der Waals surface area contributed by atoms with E-state index in [1.165, 1.54) is 28.8 Å². The van der Waals surface area contributed by atoms with E-state index in [2.05, 4.69) is 15.3 Å². The van der Waals surface area contributed by atoms with Gasteiger partial charge in [-0.05, 0) is 50.4 Å². The summed E-state index contributed by atoms with van der Waals surface area (Å²) in [6, 6.07) is 8.81. The summed E-state index contributed by atoms with van der Waals surface area (Å²) < 4.78 is 43.0. The molecule has 0 radical (unpaired) electrons. The van der Waals surface area contributed by atoms with Crippen molar-refractivity contribution >= 4 is 11.0 Å². The minimum absolute atomic E-state index is 0.0581. The molecule has 0 spiro atoms. The van der Waals surface area contributed by atoms with Gasteiger partial charge in [0.15, 0.2) is 12.3 Å². The molecule has 0 bridgehead atoms. The Balaban J connectivity index is 0.00000145. The summed E-state index contributed by atoms with van der Waals surface area (Å²) >= 11 is 0. The number of nitrogens with one attached hydrogen (secondary N) is 1. The third-order valence-electron chi connectivity index (χ3n) is 3.99. The van der Waals surface area contributed by atoms with E-state index in [1.54, 1.807) is 25.4 Å². The van der Waals surface area contributed by atoms with Crippen molar-refractivity contribution < 1.29 is 17.9 Å². The van der Waals surface area contributed by atoms with Crippen molar-refractivity contribution in [3.05, 3.63) is 58.8 Å². The summed E-state index contributed by atoms with van der Waals surface area (Å²) in [6.07, 6.45) is -2.86. The first-order chi connectivity index (χ1) is 13.8. The van der Waals surface area contributed by atoms with Gasteiger partial charge in [0.05, 0.1) is 17.1 Å². The summed E-state index contributed by atoms with van der Waals surface area (Å²) in [5.74, 6) is 0.500. The van der Waals surface area contributed by atoms with Gasteiger partial charge in [0.2, 0.25) is 0 Å². The van der Waals surface area contributed by atoms with Gasteiger partial charge in [-0.2, -0.15) is 13.2 Å². The molecule has 0 fully saturated rings. The summed E-state index contributed by atoms with van der Waals surface area (Å²) in [5.41, 5.74) is 0.491. The number of fused-ring (bicyclic) bond motifs is 1. The Hall–Kier alpha value is -2.94. The zero-order valence-electron chi connectivity index (χ0n) is 16.6. The summed E-state index contributed by atoms with van der Waals surface area (Å²) in [4.78, 5) is 21.6. The van der Waals surface area contributed by atoms with Crippen molar-refractivity contribution in [3.8, 4) is 11.4 Å². The van der Waals surface area contributed by atoms with Gasteiger partial charge in [-0.25, -0.2) is 9.97 Å². The van der Waals surface area contributed by atoms with E-state index < -0.39 is 12.8 Å². The highest BCUT2D eigenvalue weighted by Gasteiger charge is 2.28. The van der Waals surface area contributed by atoms with Crippen LogP contribution in [0.15, 0.2) is 47.4 Å². The van der Waals surface area contributed by atoms with Gasteiger partial charge in [0.25, 0.3) is 5.56 Å². The number of halogens is 3. The average molecular weight is 408 g/mol. The Morgan fingerprint density at radius 1 is 1.17 bits per heavy atom. The van der Waals surface area contributed by atoms with Crippen LogP contribution in [-0.2, 0) is 0 Å². The summed E-state index contributed by atoms with van der Waals surface area (Å²) in [5, 5.41) is 3.38. The topological polar surface area (TPSA) is 69.0 Å². The second-order valence-corrected chi connectivity index (χ2v) is 5.89. The van der Waals surface area contributed by atoms with Crippen molar-refractivity contribution in [2.24, 2.45) is 0 Å². The highest BCUT2D eigenvalue weighted by Crippen LogP contribution is 2.21. The third-order valence-corrected chi connectivity index (χ3v) is 3.99. The molecular weight excluding hydrogens is 385 g/mol. The first kappa shape index (κ1) is 22.4. The fourth-order valence-electron chi connectivity index (χ4n) is 2.56. The molecule has 1 unspecified atom stereocenters. The Labute approximate surface area is 166 Å². The van der Waals surface area contributed by atoms with Crippen LogP contribution in [0.5, 0.6) is 5.75 Å². The highest BCUT2D eigenvalue weighted by molar-refractivity contribution is 5.73. The summed E-state index contributed by atoms with van der Waals surface area (Å²) in [7, 11) is 1.73. The number of pyridine rings is 1. The van der Waals surface area contributed by atoms with Crippen LogP contribution in [0.1, 0.15) is 32.6 Å². The Kier molecular flexibility index (Phi) is 7.33. The third kappa shape index (κ3) is 5.32. The first-order valence-corrected chi connectivity index (χ1v) is 9.15. The number of benzene rings is 1. The standard InChI is InChI=1S/C18H17F3N4O2.C2H6/c1-11(22-2)16-24-15-14(4-3-9-23-15)17(26)25(16)12-5-7-13(8-6-12)27-10-18(19,20)21;1-2/h3-9,11,22H,10H2,1-2H3;1-2H3. The molecule has 0 aliphatic rings. The molecule has 1 atom stereocenters. The van der Waals surface area contributed by atoms with Crippen molar-refractivity contribution in [2.75, 3.05) is 13.7 Å². The van der Waals surface area contributed by atoms with E-state index in [-0.39, 0.29) is 17.4 Å². The van der Waals surface area contributed by atoms with Crippen molar-refractivity contribution in [1.29, 1.82) is 0 Å². The Morgan fingerprint density at radius 2 is 1.83 bits per heavy atom. The molecule has 0 aliphatic heterocycles. The normalized spacial score (nSPS) is 12.2.